The highest BCUT2D eigenvalue weighted by Crippen LogP contribution is 2.31. The molecule has 6 heteroatoms. The van der Waals surface area contributed by atoms with Gasteiger partial charge in [-0.05, 0) is 56.6 Å². The average molecular weight is 413 g/mol. The lowest BCUT2D eigenvalue weighted by molar-refractivity contribution is 0.0138. The first-order chi connectivity index (χ1) is 11.7. The predicted molar refractivity (Wildman–Crippen MR) is 103 cm³/mol. The number of carbonyl (C=O) groups is 1. The van der Waals surface area contributed by atoms with Gasteiger partial charge >= 0.3 is 6.09 Å². The van der Waals surface area contributed by atoms with E-state index in [4.69, 9.17) is 9.47 Å². The van der Waals surface area contributed by atoms with Crippen molar-refractivity contribution in [1.29, 1.82) is 0 Å². The highest BCUT2D eigenvalue weighted by Gasteiger charge is 2.26. The molecular weight excluding hydrogens is 384 g/mol. The fourth-order valence-corrected chi connectivity index (χ4v) is 3.20. The number of ether oxygens (including phenoxy) is 2. The van der Waals surface area contributed by atoms with Crippen molar-refractivity contribution in [2.24, 2.45) is 0 Å². The molecule has 0 aromatic heterocycles. The fourth-order valence-electron chi connectivity index (χ4n) is 2.70. The molecule has 0 aliphatic carbocycles. The van der Waals surface area contributed by atoms with E-state index in [0.717, 1.165) is 35.4 Å². The van der Waals surface area contributed by atoms with E-state index in [0.29, 0.717) is 13.1 Å². The molecular formula is C19H29BrN2O3. The second kappa shape index (κ2) is 8.41. The summed E-state index contributed by atoms with van der Waals surface area (Å²) < 4.78 is 12.4. The van der Waals surface area contributed by atoms with Crippen LogP contribution in [0.4, 0.5) is 4.79 Å². The van der Waals surface area contributed by atoms with Crippen LogP contribution in [0.1, 0.15) is 40.2 Å². The van der Waals surface area contributed by atoms with Crippen LogP contribution in [0.2, 0.25) is 0 Å². The van der Waals surface area contributed by atoms with Crippen LogP contribution < -0.4 is 4.74 Å². The normalized spacial score (nSPS) is 16.2. The molecule has 0 bridgehead atoms. The molecule has 5 nitrogen and oxygen atoms in total. The van der Waals surface area contributed by atoms with Gasteiger partial charge in [-0.3, -0.25) is 4.90 Å². The molecule has 1 aromatic rings. The van der Waals surface area contributed by atoms with Crippen LogP contribution in [0, 0.1) is 0 Å². The van der Waals surface area contributed by atoms with Crippen molar-refractivity contribution in [3.63, 3.8) is 0 Å². The van der Waals surface area contributed by atoms with Crippen molar-refractivity contribution >= 4 is 22.0 Å². The molecule has 1 aliphatic rings. The van der Waals surface area contributed by atoms with Crippen LogP contribution in [0.25, 0.3) is 0 Å². The van der Waals surface area contributed by atoms with Gasteiger partial charge in [0.25, 0.3) is 0 Å². The van der Waals surface area contributed by atoms with Crippen molar-refractivity contribution in [2.45, 2.75) is 52.9 Å². The maximum absolute atomic E-state index is 12.2. The number of carbonyl (C=O) groups excluding carboxylic acids is 1. The Morgan fingerprint density at radius 1 is 1.20 bits per heavy atom. The molecule has 1 fully saturated rings. The number of nitrogens with zero attached hydrogens (tertiary/aromatic N) is 2. The molecule has 0 unspecified atom stereocenters. The van der Waals surface area contributed by atoms with Crippen LogP contribution in [0.15, 0.2) is 22.7 Å². The number of benzene rings is 1. The third-order valence-electron chi connectivity index (χ3n) is 3.82. The van der Waals surface area contributed by atoms with E-state index in [-0.39, 0.29) is 12.2 Å². The molecule has 0 N–H and O–H groups in total. The number of halogens is 1. The van der Waals surface area contributed by atoms with Crippen molar-refractivity contribution in [3.05, 3.63) is 28.2 Å². The summed E-state index contributed by atoms with van der Waals surface area (Å²) in [6, 6.07) is 6.13. The smallest absolute Gasteiger partial charge is 0.410 e. The highest BCUT2D eigenvalue weighted by molar-refractivity contribution is 9.10. The van der Waals surface area contributed by atoms with Gasteiger partial charge in [0.15, 0.2) is 0 Å². The zero-order valence-electron chi connectivity index (χ0n) is 15.8. The van der Waals surface area contributed by atoms with Crippen LogP contribution in [0.3, 0.4) is 0 Å². The summed E-state index contributed by atoms with van der Waals surface area (Å²) >= 11 is 3.58. The van der Waals surface area contributed by atoms with Gasteiger partial charge in [-0.2, -0.15) is 0 Å². The molecule has 0 saturated carbocycles. The zero-order valence-corrected chi connectivity index (χ0v) is 17.4. The van der Waals surface area contributed by atoms with Crippen molar-refractivity contribution in [2.75, 3.05) is 26.2 Å². The van der Waals surface area contributed by atoms with E-state index in [9.17, 15) is 4.79 Å². The third-order valence-corrected chi connectivity index (χ3v) is 4.44. The van der Waals surface area contributed by atoms with Crippen LogP contribution in [-0.2, 0) is 11.3 Å². The number of hydrogen-bond acceptors (Lipinski definition) is 4. The van der Waals surface area contributed by atoms with E-state index in [1.54, 1.807) is 4.90 Å². The Morgan fingerprint density at radius 2 is 1.84 bits per heavy atom. The first-order valence-electron chi connectivity index (χ1n) is 8.80. The number of piperazine rings is 1. The Bertz CT molecular complexity index is 591. The Hall–Kier alpha value is -1.27. The number of amides is 1. The molecule has 0 atom stereocenters. The standard InChI is InChI=1S/C19H29BrN2O3/c1-14(2)24-17-15(7-6-8-16(17)20)13-21-9-11-22(12-10-21)18(23)25-19(3,4)5/h6-8,14H,9-13H2,1-5H3. The molecule has 0 radical (unpaired) electrons. The lowest BCUT2D eigenvalue weighted by Crippen LogP contribution is -2.49. The number of para-hydroxylation sites is 1. The van der Waals surface area contributed by atoms with Gasteiger partial charge in [-0.25, -0.2) is 4.79 Å². The summed E-state index contributed by atoms with van der Waals surface area (Å²) in [4.78, 5) is 16.3. The SMILES string of the molecule is CC(C)Oc1c(Br)cccc1CN1CCN(C(=O)OC(C)(C)C)CC1. The first kappa shape index (κ1) is 20.0. The third kappa shape index (κ3) is 6.19. The Balaban J connectivity index is 1.94. The molecule has 1 saturated heterocycles. The summed E-state index contributed by atoms with van der Waals surface area (Å²) in [5, 5.41) is 0. The summed E-state index contributed by atoms with van der Waals surface area (Å²) in [5.41, 5.74) is 0.710. The van der Waals surface area contributed by atoms with Gasteiger partial charge in [-0.15, -0.1) is 0 Å². The lowest BCUT2D eigenvalue weighted by Gasteiger charge is -2.35. The van der Waals surface area contributed by atoms with Gasteiger partial charge in [-0.1, -0.05) is 12.1 Å². The molecule has 2 rings (SSSR count). The summed E-state index contributed by atoms with van der Waals surface area (Å²) in [6.45, 7) is 13.6. The van der Waals surface area contributed by atoms with Crippen molar-refractivity contribution in [1.82, 2.24) is 9.80 Å². The first-order valence-corrected chi connectivity index (χ1v) is 9.59. The van der Waals surface area contributed by atoms with Gasteiger partial charge in [0.2, 0.25) is 0 Å². The minimum Gasteiger partial charge on any atom is -0.489 e. The van der Waals surface area contributed by atoms with Crippen LogP contribution in [-0.4, -0.2) is 53.8 Å². The van der Waals surface area contributed by atoms with E-state index >= 15 is 0 Å². The predicted octanol–water partition coefficient (Wildman–Crippen LogP) is 4.29. The molecule has 1 heterocycles. The second-order valence-electron chi connectivity index (χ2n) is 7.64. The monoisotopic (exact) mass is 412 g/mol. The van der Waals surface area contributed by atoms with E-state index < -0.39 is 5.60 Å². The fraction of sp³-hybridized carbons (Fsp3) is 0.632. The Kier molecular flexibility index (Phi) is 6.74. The van der Waals surface area contributed by atoms with Crippen molar-refractivity contribution < 1.29 is 14.3 Å². The Labute approximate surface area is 159 Å². The van der Waals surface area contributed by atoms with Gasteiger partial charge < -0.3 is 14.4 Å². The molecule has 25 heavy (non-hydrogen) atoms. The average Bonchev–Trinajstić information content (AvgIpc) is 2.49. The van der Waals surface area contributed by atoms with Gasteiger partial charge in [0.05, 0.1) is 10.6 Å². The molecule has 140 valence electrons. The maximum atomic E-state index is 12.2. The minimum atomic E-state index is -0.451. The maximum Gasteiger partial charge on any atom is 0.410 e. The molecule has 1 aromatic carbocycles. The molecule has 0 spiro atoms. The Morgan fingerprint density at radius 3 is 2.40 bits per heavy atom. The number of hydrogen-bond donors (Lipinski definition) is 0. The second-order valence-corrected chi connectivity index (χ2v) is 8.49. The molecule has 1 aliphatic heterocycles. The summed E-state index contributed by atoms with van der Waals surface area (Å²) in [7, 11) is 0. The van der Waals surface area contributed by atoms with E-state index in [2.05, 4.69) is 26.9 Å². The highest BCUT2D eigenvalue weighted by atomic mass is 79.9. The number of rotatable bonds is 4. The summed E-state index contributed by atoms with van der Waals surface area (Å²) in [6.07, 6.45) is -0.0973. The van der Waals surface area contributed by atoms with Crippen LogP contribution >= 0.6 is 15.9 Å². The van der Waals surface area contributed by atoms with E-state index in [1.807, 2.05) is 46.8 Å². The van der Waals surface area contributed by atoms with Crippen molar-refractivity contribution in [3.8, 4) is 5.75 Å². The van der Waals surface area contributed by atoms with E-state index in [1.165, 1.54) is 0 Å². The quantitative estimate of drug-likeness (QED) is 0.739. The van der Waals surface area contributed by atoms with Gasteiger partial charge in [0.1, 0.15) is 11.4 Å². The van der Waals surface area contributed by atoms with Crippen LogP contribution in [0.5, 0.6) is 5.75 Å². The largest absolute Gasteiger partial charge is 0.489 e. The van der Waals surface area contributed by atoms with Gasteiger partial charge in [0, 0.05) is 38.3 Å². The summed E-state index contributed by atoms with van der Waals surface area (Å²) in [5.74, 6) is 0.909. The zero-order chi connectivity index (χ0) is 18.6. The molecule has 1 amide bonds. The lowest BCUT2D eigenvalue weighted by atomic mass is 10.1. The topological polar surface area (TPSA) is 42.0 Å². The minimum absolute atomic E-state index is 0.126.